The standard InChI is InChI=1S/C15H23N3O2/c1-3-17(11-13-6-4-5-7-16-13)14-8-12(2)9-15(10-14)18(19)20/h8-10,13,16H,3-7,11H2,1-2H3. The maximum absolute atomic E-state index is 11.0. The molecule has 0 spiro atoms. The van der Waals surface area contributed by atoms with Gasteiger partial charge in [0.1, 0.15) is 0 Å². The summed E-state index contributed by atoms with van der Waals surface area (Å²) in [5.74, 6) is 0. The molecule has 0 radical (unpaired) electrons. The van der Waals surface area contributed by atoms with Gasteiger partial charge in [-0.3, -0.25) is 10.1 Å². The molecule has 0 aromatic heterocycles. The molecule has 1 heterocycles. The van der Waals surface area contributed by atoms with Crippen LogP contribution in [0.2, 0.25) is 0 Å². The second kappa shape index (κ2) is 6.70. The zero-order valence-corrected chi connectivity index (χ0v) is 12.3. The highest BCUT2D eigenvalue weighted by atomic mass is 16.6. The zero-order valence-electron chi connectivity index (χ0n) is 12.3. The van der Waals surface area contributed by atoms with Crippen LogP contribution >= 0.6 is 0 Å². The summed E-state index contributed by atoms with van der Waals surface area (Å²) in [6.07, 6.45) is 3.70. The van der Waals surface area contributed by atoms with E-state index in [1.54, 1.807) is 12.1 Å². The molecule has 0 amide bonds. The van der Waals surface area contributed by atoms with Crippen molar-refractivity contribution in [1.29, 1.82) is 0 Å². The normalized spacial score (nSPS) is 18.8. The minimum Gasteiger partial charge on any atom is -0.370 e. The van der Waals surface area contributed by atoms with Gasteiger partial charge >= 0.3 is 0 Å². The number of benzene rings is 1. The number of nitrogens with zero attached hydrogens (tertiary/aromatic N) is 2. The molecule has 1 aromatic rings. The van der Waals surface area contributed by atoms with Crippen molar-refractivity contribution in [1.82, 2.24) is 5.32 Å². The predicted octanol–water partition coefficient (Wildman–Crippen LogP) is 2.87. The van der Waals surface area contributed by atoms with Crippen LogP contribution in [0.4, 0.5) is 11.4 Å². The van der Waals surface area contributed by atoms with Crippen molar-refractivity contribution in [3.8, 4) is 0 Å². The van der Waals surface area contributed by atoms with Crippen LogP contribution in [0.1, 0.15) is 31.7 Å². The van der Waals surface area contributed by atoms with Crippen molar-refractivity contribution in [2.45, 2.75) is 39.2 Å². The highest BCUT2D eigenvalue weighted by Gasteiger charge is 2.18. The summed E-state index contributed by atoms with van der Waals surface area (Å²) < 4.78 is 0. The van der Waals surface area contributed by atoms with Crippen molar-refractivity contribution in [3.63, 3.8) is 0 Å². The Labute approximate surface area is 120 Å². The van der Waals surface area contributed by atoms with E-state index in [4.69, 9.17) is 0 Å². The number of non-ortho nitro benzene ring substituents is 1. The average Bonchev–Trinajstić information content (AvgIpc) is 2.45. The largest absolute Gasteiger partial charge is 0.370 e. The third-order valence-corrected chi connectivity index (χ3v) is 3.86. The molecule has 1 fully saturated rings. The van der Waals surface area contributed by atoms with Crippen molar-refractivity contribution in [3.05, 3.63) is 33.9 Å². The highest BCUT2D eigenvalue weighted by Crippen LogP contribution is 2.24. The number of nitrogens with one attached hydrogen (secondary N) is 1. The molecule has 5 nitrogen and oxygen atoms in total. The number of nitro benzene ring substituents is 1. The maximum Gasteiger partial charge on any atom is 0.271 e. The van der Waals surface area contributed by atoms with E-state index < -0.39 is 0 Å². The third-order valence-electron chi connectivity index (χ3n) is 3.86. The van der Waals surface area contributed by atoms with E-state index in [1.807, 2.05) is 13.0 Å². The van der Waals surface area contributed by atoms with Gasteiger partial charge in [0.2, 0.25) is 0 Å². The van der Waals surface area contributed by atoms with Crippen LogP contribution in [0.25, 0.3) is 0 Å². The molecule has 1 saturated heterocycles. The molecule has 1 N–H and O–H groups in total. The van der Waals surface area contributed by atoms with Crippen LogP contribution in [-0.2, 0) is 0 Å². The first-order valence-electron chi connectivity index (χ1n) is 7.34. The molecule has 1 aliphatic rings. The number of anilines is 1. The fraction of sp³-hybridized carbons (Fsp3) is 0.600. The van der Waals surface area contributed by atoms with Crippen LogP contribution in [-0.4, -0.2) is 30.6 Å². The molecule has 1 aromatic carbocycles. The summed E-state index contributed by atoms with van der Waals surface area (Å²) in [5.41, 5.74) is 2.06. The van der Waals surface area contributed by atoms with Crippen LogP contribution in [0.15, 0.2) is 18.2 Å². The second-order valence-corrected chi connectivity index (χ2v) is 5.47. The molecule has 1 aliphatic heterocycles. The first-order valence-corrected chi connectivity index (χ1v) is 7.34. The van der Waals surface area contributed by atoms with Gasteiger partial charge in [0.25, 0.3) is 5.69 Å². The fourth-order valence-electron chi connectivity index (χ4n) is 2.79. The highest BCUT2D eigenvalue weighted by molar-refractivity contribution is 5.55. The summed E-state index contributed by atoms with van der Waals surface area (Å²) in [6.45, 7) is 6.85. The van der Waals surface area contributed by atoms with Crippen LogP contribution in [0.5, 0.6) is 0 Å². The number of hydrogen-bond acceptors (Lipinski definition) is 4. The van der Waals surface area contributed by atoms with E-state index in [0.29, 0.717) is 6.04 Å². The molecule has 0 aliphatic carbocycles. The van der Waals surface area contributed by atoms with Gasteiger partial charge in [0, 0.05) is 37.0 Å². The Morgan fingerprint density at radius 3 is 2.80 bits per heavy atom. The molecule has 0 saturated carbocycles. The van der Waals surface area contributed by atoms with Crippen molar-refractivity contribution < 1.29 is 4.92 Å². The summed E-state index contributed by atoms with van der Waals surface area (Å²) in [4.78, 5) is 12.9. The zero-order chi connectivity index (χ0) is 14.5. The smallest absolute Gasteiger partial charge is 0.271 e. The van der Waals surface area contributed by atoms with E-state index >= 15 is 0 Å². The summed E-state index contributed by atoms with van der Waals surface area (Å²) in [7, 11) is 0. The fourth-order valence-corrected chi connectivity index (χ4v) is 2.79. The Morgan fingerprint density at radius 2 is 2.20 bits per heavy atom. The number of rotatable bonds is 5. The molecule has 1 atom stereocenters. The van der Waals surface area contributed by atoms with Gasteiger partial charge in [-0.1, -0.05) is 6.42 Å². The van der Waals surface area contributed by atoms with Gasteiger partial charge in [-0.2, -0.15) is 0 Å². The Morgan fingerprint density at radius 1 is 1.40 bits per heavy atom. The lowest BCUT2D eigenvalue weighted by Gasteiger charge is -2.31. The van der Waals surface area contributed by atoms with Crippen molar-refractivity contribution in [2.75, 3.05) is 24.5 Å². The molecule has 2 rings (SSSR count). The first kappa shape index (κ1) is 14.8. The van der Waals surface area contributed by atoms with E-state index in [2.05, 4.69) is 17.1 Å². The Balaban J connectivity index is 2.15. The maximum atomic E-state index is 11.0. The summed E-state index contributed by atoms with van der Waals surface area (Å²) in [5, 5.41) is 14.5. The van der Waals surface area contributed by atoms with Gasteiger partial charge in [-0.15, -0.1) is 0 Å². The molecule has 1 unspecified atom stereocenters. The monoisotopic (exact) mass is 277 g/mol. The predicted molar refractivity (Wildman–Crippen MR) is 81.4 cm³/mol. The van der Waals surface area contributed by atoms with Crippen molar-refractivity contribution >= 4 is 11.4 Å². The lowest BCUT2D eigenvalue weighted by molar-refractivity contribution is -0.384. The topological polar surface area (TPSA) is 58.4 Å². The lowest BCUT2D eigenvalue weighted by atomic mass is 10.0. The molecular formula is C15H23N3O2. The minimum atomic E-state index is -0.316. The lowest BCUT2D eigenvalue weighted by Crippen LogP contribution is -2.43. The Kier molecular flexibility index (Phi) is 4.95. The van der Waals surface area contributed by atoms with Gasteiger partial charge in [-0.25, -0.2) is 0 Å². The second-order valence-electron chi connectivity index (χ2n) is 5.47. The minimum absolute atomic E-state index is 0.176. The van der Waals surface area contributed by atoms with Crippen molar-refractivity contribution in [2.24, 2.45) is 0 Å². The quantitative estimate of drug-likeness (QED) is 0.664. The van der Waals surface area contributed by atoms with E-state index in [9.17, 15) is 10.1 Å². The van der Waals surface area contributed by atoms with E-state index in [-0.39, 0.29) is 10.6 Å². The van der Waals surface area contributed by atoms with Gasteiger partial charge in [0.15, 0.2) is 0 Å². The van der Waals surface area contributed by atoms with E-state index in [0.717, 1.165) is 30.9 Å². The number of hydrogen-bond donors (Lipinski definition) is 1. The van der Waals surface area contributed by atoms with Crippen LogP contribution in [0, 0.1) is 17.0 Å². The number of aryl methyl sites for hydroxylation is 1. The van der Waals surface area contributed by atoms with Gasteiger partial charge in [-0.05, 0) is 44.9 Å². The molecule has 5 heteroatoms. The number of likely N-dealkylation sites (N-methyl/N-ethyl adjacent to an activating group) is 1. The molecule has 0 bridgehead atoms. The summed E-state index contributed by atoms with van der Waals surface area (Å²) >= 11 is 0. The third kappa shape index (κ3) is 3.70. The average molecular weight is 277 g/mol. The first-order chi connectivity index (χ1) is 9.60. The molecular weight excluding hydrogens is 254 g/mol. The molecule has 110 valence electrons. The van der Waals surface area contributed by atoms with Gasteiger partial charge in [0.05, 0.1) is 4.92 Å². The van der Waals surface area contributed by atoms with Crippen LogP contribution in [0.3, 0.4) is 0 Å². The van der Waals surface area contributed by atoms with Gasteiger partial charge < -0.3 is 10.2 Å². The SMILES string of the molecule is CCN(CC1CCCCN1)c1cc(C)cc([N+](=O)[O-])c1. The van der Waals surface area contributed by atoms with E-state index in [1.165, 1.54) is 19.3 Å². The Bertz CT molecular complexity index is 470. The summed E-state index contributed by atoms with van der Waals surface area (Å²) in [6, 6.07) is 5.82. The number of piperidine rings is 1. The number of nitro groups is 1. The molecule has 20 heavy (non-hydrogen) atoms. The Hall–Kier alpha value is -1.62. The van der Waals surface area contributed by atoms with Crippen LogP contribution < -0.4 is 10.2 Å².